The number of carbonyl (C=O) groups excluding carboxylic acids is 2. The summed E-state index contributed by atoms with van der Waals surface area (Å²) in [5, 5.41) is 17.4. The number of ether oxygens (including phenoxy) is 2. The minimum Gasteiger partial charge on any atom is -0.493 e. The van der Waals surface area contributed by atoms with E-state index in [0.717, 1.165) is 0 Å². The maximum Gasteiger partial charge on any atom is 0.271 e. The Morgan fingerprint density at radius 2 is 1.80 bits per heavy atom. The number of aryl methyl sites for hydroxylation is 1. The minimum atomic E-state index is -0.536. The van der Waals surface area contributed by atoms with Gasteiger partial charge >= 0.3 is 0 Å². The van der Waals surface area contributed by atoms with E-state index >= 15 is 0 Å². The summed E-state index contributed by atoms with van der Waals surface area (Å²) in [6.45, 7) is 3.30. The van der Waals surface area contributed by atoms with Gasteiger partial charge in [0.15, 0.2) is 11.5 Å². The van der Waals surface area contributed by atoms with E-state index in [1.165, 1.54) is 32.4 Å². The van der Waals surface area contributed by atoms with Crippen LogP contribution < -0.4 is 20.2 Å². The molecule has 0 atom stereocenters. The molecule has 158 valence electrons. The molecule has 0 aromatic heterocycles. The van der Waals surface area contributed by atoms with Crippen molar-refractivity contribution in [2.24, 2.45) is 5.10 Å². The van der Waals surface area contributed by atoms with Crippen molar-refractivity contribution in [2.75, 3.05) is 19.5 Å². The van der Waals surface area contributed by atoms with Gasteiger partial charge in [-0.2, -0.15) is 5.10 Å². The molecular weight excluding hydrogens is 392 g/mol. The summed E-state index contributed by atoms with van der Waals surface area (Å²) in [7, 11) is 2.95. The van der Waals surface area contributed by atoms with Crippen LogP contribution in [0.1, 0.15) is 29.3 Å². The summed E-state index contributed by atoms with van der Waals surface area (Å²) >= 11 is 0. The minimum absolute atomic E-state index is 0.103. The van der Waals surface area contributed by atoms with Crippen LogP contribution in [0.4, 0.5) is 11.4 Å². The van der Waals surface area contributed by atoms with Gasteiger partial charge in [0.2, 0.25) is 5.91 Å². The van der Waals surface area contributed by atoms with Gasteiger partial charge in [-0.25, -0.2) is 5.43 Å². The van der Waals surface area contributed by atoms with Crippen molar-refractivity contribution in [2.45, 2.75) is 20.3 Å². The van der Waals surface area contributed by atoms with Crippen molar-refractivity contribution in [3.63, 3.8) is 0 Å². The Balaban J connectivity index is 2.00. The molecule has 0 heterocycles. The van der Waals surface area contributed by atoms with Crippen molar-refractivity contribution >= 4 is 28.9 Å². The SMILES string of the molecule is COc1ccc(C(=O)NN=C(C)CC(=O)Nc2cc([N+](=O)[O-])ccc2C)cc1OC. The second-order valence-corrected chi connectivity index (χ2v) is 6.34. The predicted molar refractivity (Wildman–Crippen MR) is 111 cm³/mol. The third-order valence-corrected chi connectivity index (χ3v) is 4.12. The number of carbonyl (C=O) groups is 2. The molecule has 2 N–H and O–H groups in total. The lowest BCUT2D eigenvalue weighted by molar-refractivity contribution is -0.384. The quantitative estimate of drug-likeness (QED) is 0.388. The predicted octanol–water partition coefficient (Wildman–Crippen LogP) is 3.05. The van der Waals surface area contributed by atoms with E-state index in [4.69, 9.17) is 9.47 Å². The average Bonchev–Trinajstić information content (AvgIpc) is 2.72. The maximum atomic E-state index is 12.3. The van der Waals surface area contributed by atoms with E-state index in [2.05, 4.69) is 15.8 Å². The first-order chi connectivity index (χ1) is 14.2. The number of hydrogen-bond donors (Lipinski definition) is 2. The molecule has 10 nitrogen and oxygen atoms in total. The Morgan fingerprint density at radius 1 is 1.10 bits per heavy atom. The van der Waals surface area contributed by atoms with Crippen molar-refractivity contribution < 1.29 is 24.0 Å². The molecule has 0 spiro atoms. The van der Waals surface area contributed by atoms with Gasteiger partial charge in [-0.1, -0.05) is 6.07 Å². The van der Waals surface area contributed by atoms with Gasteiger partial charge in [-0.3, -0.25) is 19.7 Å². The monoisotopic (exact) mass is 414 g/mol. The summed E-state index contributed by atoms with van der Waals surface area (Å²) in [5.74, 6) is -0.00940. The molecule has 2 rings (SSSR count). The molecule has 10 heteroatoms. The number of rotatable bonds is 8. The smallest absolute Gasteiger partial charge is 0.271 e. The van der Waals surface area contributed by atoms with E-state index in [-0.39, 0.29) is 12.1 Å². The number of amides is 2. The number of non-ortho nitro benzene ring substituents is 1. The third-order valence-electron chi connectivity index (χ3n) is 4.12. The number of anilines is 1. The molecule has 0 aliphatic rings. The number of benzene rings is 2. The van der Waals surface area contributed by atoms with E-state index in [1.807, 2.05) is 0 Å². The van der Waals surface area contributed by atoms with Crippen LogP contribution in [0, 0.1) is 17.0 Å². The molecule has 0 bridgehead atoms. The maximum absolute atomic E-state index is 12.3. The third kappa shape index (κ3) is 5.77. The molecule has 0 saturated carbocycles. The molecule has 0 aliphatic heterocycles. The van der Waals surface area contributed by atoms with Crippen LogP contribution in [0.25, 0.3) is 0 Å². The second kappa shape index (κ2) is 10.0. The highest BCUT2D eigenvalue weighted by atomic mass is 16.6. The van der Waals surface area contributed by atoms with Gasteiger partial charge in [0.1, 0.15) is 0 Å². The van der Waals surface area contributed by atoms with Crippen LogP contribution in [0.3, 0.4) is 0 Å². The van der Waals surface area contributed by atoms with Crippen molar-refractivity contribution in [3.05, 3.63) is 57.6 Å². The molecule has 0 fully saturated rings. The fourth-order valence-electron chi connectivity index (χ4n) is 2.51. The van der Waals surface area contributed by atoms with Gasteiger partial charge in [0.05, 0.1) is 31.3 Å². The lowest BCUT2D eigenvalue weighted by Gasteiger charge is -2.09. The molecule has 0 unspecified atom stereocenters. The van der Waals surface area contributed by atoms with Crippen LogP contribution >= 0.6 is 0 Å². The average molecular weight is 414 g/mol. The Bertz CT molecular complexity index is 1000. The zero-order valence-corrected chi connectivity index (χ0v) is 17.0. The van der Waals surface area contributed by atoms with Crippen molar-refractivity contribution in [3.8, 4) is 11.5 Å². The summed E-state index contributed by atoms with van der Waals surface area (Å²) in [6.07, 6.45) is -0.103. The molecule has 2 amide bonds. The van der Waals surface area contributed by atoms with E-state index in [1.54, 1.807) is 32.0 Å². The normalized spacial score (nSPS) is 10.9. The molecule has 2 aromatic carbocycles. The summed E-state index contributed by atoms with van der Waals surface area (Å²) < 4.78 is 10.3. The number of nitro groups is 1. The fraction of sp³-hybridized carbons (Fsp3) is 0.250. The van der Waals surface area contributed by atoms with Crippen LogP contribution in [0.5, 0.6) is 11.5 Å². The van der Waals surface area contributed by atoms with Crippen molar-refractivity contribution in [1.29, 1.82) is 0 Å². The van der Waals surface area contributed by atoms with Crippen LogP contribution in [0.15, 0.2) is 41.5 Å². The molecular formula is C20H22N4O6. The Hall–Kier alpha value is -3.95. The fourth-order valence-corrected chi connectivity index (χ4v) is 2.51. The van der Waals surface area contributed by atoms with E-state index in [0.29, 0.717) is 34.0 Å². The van der Waals surface area contributed by atoms with Crippen molar-refractivity contribution in [1.82, 2.24) is 5.43 Å². The number of hydrazone groups is 1. The number of nitro benzene ring substituents is 1. The van der Waals surface area contributed by atoms with Crippen LogP contribution in [-0.4, -0.2) is 36.7 Å². The number of nitrogens with zero attached hydrogens (tertiary/aromatic N) is 2. The lowest BCUT2D eigenvalue weighted by atomic mass is 10.1. The Labute approximate surface area is 173 Å². The summed E-state index contributed by atoms with van der Waals surface area (Å²) in [6, 6.07) is 8.87. The Kier molecular flexibility index (Phi) is 7.45. The van der Waals surface area contributed by atoms with Gasteiger partial charge in [-0.05, 0) is 37.6 Å². The highest BCUT2D eigenvalue weighted by Crippen LogP contribution is 2.27. The highest BCUT2D eigenvalue weighted by Gasteiger charge is 2.13. The molecule has 0 radical (unpaired) electrons. The first-order valence-corrected chi connectivity index (χ1v) is 8.85. The molecule has 0 saturated heterocycles. The zero-order valence-electron chi connectivity index (χ0n) is 17.0. The topological polar surface area (TPSA) is 132 Å². The number of nitrogens with one attached hydrogen (secondary N) is 2. The number of hydrogen-bond acceptors (Lipinski definition) is 7. The summed E-state index contributed by atoms with van der Waals surface area (Å²) in [4.78, 5) is 34.8. The molecule has 30 heavy (non-hydrogen) atoms. The van der Waals surface area contributed by atoms with Crippen LogP contribution in [-0.2, 0) is 4.79 Å². The van der Waals surface area contributed by atoms with Gasteiger partial charge in [-0.15, -0.1) is 0 Å². The van der Waals surface area contributed by atoms with E-state index < -0.39 is 16.7 Å². The largest absolute Gasteiger partial charge is 0.493 e. The zero-order chi connectivity index (χ0) is 22.3. The standard InChI is InChI=1S/C20H22N4O6/c1-12-5-7-15(24(27)28)11-16(12)21-19(25)9-13(2)22-23-20(26)14-6-8-17(29-3)18(10-14)30-4/h5-8,10-11H,9H2,1-4H3,(H,21,25)(H,23,26). The first-order valence-electron chi connectivity index (χ1n) is 8.85. The highest BCUT2D eigenvalue weighted by molar-refractivity contribution is 6.06. The molecule has 0 aliphatic carbocycles. The van der Waals surface area contributed by atoms with E-state index in [9.17, 15) is 19.7 Å². The lowest BCUT2D eigenvalue weighted by Crippen LogP contribution is -2.21. The number of methoxy groups -OCH3 is 2. The van der Waals surface area contributed by atoms with Gasteiger partial charge in [0, 0.05) is 23.4 Å². The molecule has 2 aromatic rings. The van der Waals surface area contributed by atoms with Crippen LogP contribution in [0.2, 0.25) is 0 Å². The first kappa shape index (κ1) is 22.3. The Morgan fingerprint density at radius 3 is 2.43 bits per heavy atom. The second-order valence-electron chi connectivity index (χ2n) is 6.34. The van der Waals surface area contributed by atoms with Gasteiger partial charge < -0.3 is 14.8 Å². The van der Waals surface area contributed by atoms with Gasteiger partial charge in [0.25, 0.3) is 11.6 Å². The summed E-state index contributed by atoms with van der Waals surface area (Å²) in [5.41, 5.74) is 3.94.